The van der Waals surface area contributed by atoms with Crippen molar-refractivity contribution in [1.82, 2.24) is 10.2 Å². The third-order valence-electron chi connectivity index (χ3n) is 7.42. The highest BCUT2D eigenvalue weighted by atomic mass is 79.9. The number of anilines is 1. The van der Waals surface area contributed by atoms with Gasteiger partial charge in [-0.1, -0.05) is 54.3 Å². The van der Waals surface area contributed by atoms with Crippen molar-refractivity contribution < 1.29 is 22.7 Å². The Kier molecular flexibility index (Phi) is 10.6. The number of methoxy groups -OCH3 is 1. The Morgan fingerprint density at radius 3 is 2.38 bits per heavy atom. The van der Waals surface area contributed by atoms with Gasteiger partial charge < -0.3 is 15.0 Å². The number of nitrogens with one attached hydrogen (secondary N) is 1. The van der Waals surface area contributed by atoms with Crippen LogP contribution < -0.4 is 14.4 Å². The second-order valence-electron chi connectivity index (χ2n) is 10.5. The molecule has 1 atom stereocenters. The van der Waals surface area contributed by atoms with E-state index in [0.717, 1.165) is 41.1 Å². The van der Waals surface area contributed by atoms with E-state index in [2.05, 4.69) is 21.2 Å². The van der Waals surface area contributed by atoms with Crippen LogP contribution in [0.5, 0.6) is 5.75 Å². The maximum Gasteiger partial charge on any atom is 0.264 e. The fraction of sp³-hybridized carbons (Fsp3) is 0.355. The van der Waals surface area contributed by atoms with E-state index in [9.17, 15) is 18.0 Å². The number of sulfonamides is 1. The van der Waals surface area contributed by atoms with Crippen molar-refractivity contribution in [2.45, 2.75) is 63.1 Å². The normalized spacial score (nSPS) is 14.3. The molecular weight excluding hydrogens is 642 g/mol. The first-order chi connectivity index (χ1) is 20.0. The van der Waals surface area contributed by atoms with Crippen molar-refractivity contribution >= 4 is 55.1 Å². The van der Waals surface area contributed by atoms with Crippen molar-refractivity contribution in [2.24, 2.45) is 0 Å². The SMILES string of the molecule is COc1ccc(S(=O)(=O)N(CC(=O)N(Cc2cccc(Cl)c2)C(C)C(=O)NC2CCCC2)c2ccc(C)cc2)cc1Br. The topological polar surface area (TPSA) is 96.0 Å². The molecule has 0 heterocycles. The lowest BCUT2D eigenvalue weighted by Gasteiger charge is -2.32. The number of rotatable bonds is 11. The van der Waals surface area contributed by atoms with E-state index in [1.165, 1.54) is 24.1 Å². The lowest BCUT2D eigenvalue weighted by molar-refractivity contribution is -0.139. The first-order valence-corrected chi connectivity index (χ1v) is 16.4. The van der Waals surface area contributed by atoms with Gasteiger partial charge in [-0.05, 0) is 90.6 Å². The van der Waals surface area contributed by atoms with Crippen LogP contribution in [0.2, 0.25) is 5.02 Å². The fourth-order valence-electron chi connectivity index (χ4n) is 4.98. The van der Waals surface area contributed by atoms with Gasteiger partial charge in [0.2, 0.25) is 11.8 Å². The van der Waals surface area contributed by atoms with Crippen LogP contribution in [-0.4, -0.2) is 50.9 Å². The van der Waals surface area contributed by atoms with Gasteiger partial charge in [0.25, 0.3) is 10.0 Å². The van der Waals surface area contributed by atoms with E-state index in [1.807, 2.05) is 13.0 Å². The van der Waals surface area contributed by atoms with E-state index >= 15 is 0 Å². The van der Waals surface area contributed by atoms with Gasteiger partial charge in [-0.2, -0.15) is 0 Å². The molecule has 224 valence electrons. The van der Waals surface area contributed by atoms with Gasteiger partial charge in [-0.25, -0.2) is 8.42 Å². The Balaban J connectivity index is 1.70. The zero-order valence-electron chi connectivity index (χ0n) is 23.8. The molecule has 3 aromatic rings. The standard InChI is InChI=1S/C31H35BrClN3O5S/c1-21-11-13-26(14-12-21)36(42(39,40)27-15-16-29(41-3)28(32)18-27)20-30(37)35(19-23-7-6-8-24(33)17-23)22(2)31(38)34-25-9-4-5-10-25/h6-8,11-18,22,25H,4-5,9-10,19-20H2,1-3H3,(H,34,38). The summed E-state index contributed by atoms with van der Waals surface area (Å²) in [7, 11) is -2.72. The van der Waals surface area contributed by atoms with E-state index in [1.54, 1.807) is 55.5 Å². The number of amides is 2. The highest BCUT2D eigenvalue weighted by molar-refractivity contribution is 9.10. The molecule has 1 aliphatic carbocycles. The summed E-state index contributed by atoms with van der Waals surface area (Å²) >= 11 is 9.58. The predicted molar refractivity (Wildman–Crippen MR) is 168 cm³/mol. The number of carbonyl (C=O) groups is 2. The Hall–Kier alpha value is -3.08. The molecule has 0 aliphatic heterocycles. The van der Waals surface area contributed by atoms with Crippen LogP contribution in [0.25, 0.3) is 0 Å². The third-order valence-corrected chi connectivity index (χ3v) is 10.0. The number of nitrogens with zero attached hydrogens (tertiary/aromatic N) is 2. The molecule has 1 unspecified atom stereocenters. The molecule has 1 saturated carbocycles. The quantitative estimate of drug-likeness (QED) is 0.265. The van der Waals surface area contributed by atoms with Crippen LogP contribution in [0.1, 0.15) is 43.7 Å². The Morgan fingerprint density at radius 1 is 1.07 bits per heavy atom. The van der Waals surface area contributed by atoms with Crippen molar-refractivity contribution in [3.8, 4) is 5.75 Å². The second-order valence-corrected chi connectivity index (χ2v) is 13.6. The summed E-state index contributed by atoms with van der Waals surface area (Å²) in [5.74, 6) is -0.330. The van der Waals surface area contributed by atoms with Gasteiger partial charge in [0.05, 0.1) is 22.2 Å². The lowest BCUT2D eigenvalue weighted by Crippen LogP contribution is -2.52. The minimum Gasteiger partial charge on any atom is -0.496 e. The number of ether oxygens (including phenoxy) is 1. The molecule has 2 amide bonds. The molecule has 1 aliphatic rings. The largest absolute Gasteiger partial charge is 0.496 e. The van der Waals surface area contributed by atoms with Crippen molar-refractivity contribution in [3.63, 3.8) is 0 Å². The minimum atomic E-state index is -4.21. The highest BCUT2D eigenvalue weighted by Crippen LogP contribution is 2.31. The predicted octanol–water partition coefficient (Wildman–Crippen LogP) is 6.09. The summed E-state index contributed by atoms with van der Waals surface area (Å²) in [5.41, 5.74) is 1.99. The summed E-state index contributed by atoms with van der Waals surface area (Å²) in [4.78, 5) is 28.8. The molecule has 1 N–H and O–H groups in total. The molecule has 0 aromatic heterocycles. The number of benzene rings is 3. The number of hydrogen-bond acceptors (Lipinski definition) is 5. The third kappa shape index (κ3) is 7.65. The molecule has 0 radical (unpaired) electrons. The van der Waals surface area contributed by atoms with Crippen LogP contribution in [0.4, 0.5) is 5.69 Å². The van der Waals surface area contributed by atoms with E-state index < -0.39 is 28.5 Å². The van der Waals surface area contributed by atoms with Crippen LogP contribution >= 0.6 is 27.5 Å². The zero-order valence-corrected chi connectivity index (χ0v) is 27.0. The first-order valence-electron chi connectivity index (χ1n) is 13.8. The van der Waals surface area contributed by atoms with Crippen molar-refractivity contribution in [1.29, 1.82) is 0 Å². The molecule has 3 aromatic carbocycles. The maximum absolute atomic E-state index is 14.1. The van der Waals surface area contributed by atoms with Gasteiger partial charge in [-0.3, -0.25) is 13.9 Å². The molecule has 1 fully saturated rings. The van der Waals surface area contributed by atoms with Gasteiger partial charge in [0, 0.05) is 17.6 Å². The summed E-state index contributed by atoms with van der Waals surface area (Å²) in [6, 6.07) is 17.6. The second kappa shape index (κ2) is 13.9. The molecule has 8 nitrogen and oxygen atoms in total. The van der Waals surface area contributed by atoms with Crippen molar-refractivity contribution in [3.05, 3.63) is 87.4 Å². The molecule has 42 heavy (non-hydrogen) atoms. The van der Waals surface area contributed by atoms with E-state index in [0.29, 0.717) is 20.9 Å². The zero-order chi connectivity index (χ0) is 30.4. The van der Waals surface area contributed by atoms with Crippen LogP contribution in [-0.2, 0) is 26.2 Å². The van der Waals surface area contributed by atoms with Crippen LogP contribution in [0.3, 0.4) is 0 Å². The number of hydrogen-bond donors (Lipinski definition) is 1. The summed E-state index contributed by atoms with van der Waals surface area (Å²) in [6.07, 6.45) is 3.90. The maximum atomic E-state index is 14.1. The first kappa shape index (κ1) is 31.8. The van der Waals surface area contributed by atoms with E-state index in [-0.39, 0.29) is 23.4 Å². The molecular formula is C31H35BrClN3O5S. The summed E-state index contributed by atoms with van der Waals surface area (Å²) < 4.78 is 34.9. The fourth-order valence-corrected chi connectivity index (χ4v) is 7.33. The molecule has 0 saturated heterocycles. The molecule has 0 spiro atoms. The highest BCUT2D eigenvalue weighted by Gasteiger charge is 2.33. The van der Waals surface area contributed by atoms with E-state index in [4.69, 9.17) is 16.3 Å². The molecule has 4 rings (SSSR count). The monoisotopic (exact) mass is 675 g/mol. The Labute approximate surface area is 261 Å². The van der Waals surface area contributed by atoms with Gasteiger partial charge in [-0.15, -0.1) is 0 Å². The number of carbonyl (C=O) groups excluding carboxylic acids is 2. The van der Waals surface area contributed by atoms with Crippen molar-refractivity contribution in [2.75, 3.05) is 18.0 Å². The minimum absolute atomic E-state index is 0.0167. The Bertz CT molecular complexity index is 1530. The number of halogens is 2. The average molecular weight is 677 g/mol. The lowest BCUT2D eigenvalue weighted by atomic mass is 10.1. The Morgan fingerprint density at radius 2 is 1.76 bits per heavy atom. The van der Waals surface area contributed by atoms with Gasteiger partial charge in [0.1, 0.15) is 18.3 Å². The molecule has 11 heteroatoms. The van der Waals surface area contributed by atoms with Crippen LogP contribution in [0.15, 0.2) is 76.1 Å². The van der Waals surface area contributed by atoms with Gasteiger partial charge in [0.15, 0.2) is 0 Å². The summed E-state index contributed by atoms with van der Waals surface area (Å²) in [6.45, 7) is 3.12. The average Bonchev–Trinajstić information content (AvgIpc) is 3.47. The molecule has 0 bridgehead atoms. The van der Waals surface area contributed by atoms with Crippen LogP contribution in [0, 0.1) is 6.92 Å². The smallest absolute Gasteiger partial charge is 0.264 e. The van der Waals surface area contributed by atoms with Gasteiger partial charge >= 0.3 is 0 Å². The summed E-state index contributed by atoms with van der Waals surface area (Å²) in [5, 5.41) is 3.56. The number of aryl methyl sites for hydroxylation is 1.